The third-order valence-corrected chi connectivity index (χ3v) is 3.46. The second kappa shape index (κ2) is 4.69. The van der Waals surface area contributed by atoms with Gasteiger partial charge in [0.05, 0.1) is 5.56 Å². The van der Waals surface area contributed by atoms with E-state index < -0.39 is 17.4 Å². The highest BCUT2D eigenvalue weighted by molar-refractivity contribution is 5.96. The number of rotatable bonds is 2. The number of carboxylic acid groups (broad SMARTS) is 1. The van der Waals surface area contributed by atoms with Gasteiger partial charge in [0, 0.05) is 12.7 Å². The monoisotopic (exact) mass is 259 g/mol. The summed E-state index contributed by atoms with van der Waals surface area (Å²) in [6.45, 7) is 1.95. The number of carbonyl (C=O) groups is 2. The third-order valence-electron chi connectivity index (χ3n) is 3.46. The van der Waals surface area contributed by atoms with Crippen LogP contribution in [-0.2, 0) is 4.79 Å². The molecule has 1 saturated heterocycles. The number of carbonyl (C=O) groups excluding carboxylic acids is 1. The molecule has 1 aliphatic rings. The predicted molar refractivity (Wildman–Crippen MR) is 65.3 cm³/mol. The summed E-state index contributed by atoms with van der Waals surface area (Å²) in [5, 5.41) is 17.9. The molecule has 6 heteroatoms. The van der Waals surface area contributed by atoms with Gasteiger partial charge >= 0.3 is 5.97 Å². The standard InChI is InChI=1S/C13H13N3O3/c1-13(12(18)19)5-2-6-16(13)11(17)10-4-3-9(7-14)8-15-10/h3-4,8H,2,5-6H2,1H3,(H,18,19). The molecule has 0 saturated carbocycles. The van der Waals surface area contributed by atoms with Gasteiger partial charge in [-0.15, -0.1) is 0 Å². The average Bonchev–Trinajstić information content (AvgIpc) is 2.81. The van der Waals surface area contributed by atoms with Gasteiger partial charge in [0.15, 0.2) is 0 Å². The van der Waals surface area contributed by atoms with Gasteiger partial charge in [-0.1, -0.05) is 0 Å². The number of likely N-dealkylation sites (tertiary alicyclic amines) is 1. The van der Waals surface area contributed by atoms with E-state index in [-0.39, 0.29) is 5.69 Å². The van der Waals surface area contributed by atoms with E-state index in [4.69, 9.17) is 5.26 Å². The molecular weight excluding hydrogens is 246 g/mol. The Hall–Kier alpha value is -2.42. The molecule has 1 aromatic heterocycles. The number of hydrogen-bond acceptors (Lipinski definition) is 4. The van der Waals surface area contributed by atoms with Crippen LogP contribution in [0.3, 0.4) is 0 Å². The summed E-state index contributed by atoms with van der Waals surface area (Å²) in [5.41, 5.74) is -0.653. The third kappa shape index (κ3) is 2.15. The van der Waals surface area contributed by atoms with E-state index in [2.05, 4.69) is 4.98 Å². The molecule has 1 amide bonds. The molecular formula is C13H13N3O3. The van der Waals surface area contributed by atoms with Crippen LogP contribution in [0.15, 0.2) is 18.3 Å². The Morgan fingerprint density at radius 1 is 1.53 bits per heavy atom. The molecule has 1 unspecified atom stereocenters. The summed E-state index contributed by atoms with van der Waals surface area (Å²) in [7, 11) is 0. The Bertz CT molecular complexity index is 561. The zero-order valence-electron chi connectivity index (χ0n) is 10.5. The van der Waals surface area contributed by atoms with Crippen LogP contribution in [0.2, 0.25) is 0 Å². The van der Waals surface area contributed by atoms with E-state index in [1.54, 1.807) is 6.92 Å². The van der Waals surface area contributed by atoms with Crippen molar-refractivity contribution in [2.24, 2.45) is 0 Å². The van der Waals surface area contributed by atoms with E-state index in [1.165, 1.54) is 23.2 Å². The van der Waals surface area contributed by atoms with Crippen molar-refractivity contribution in [1.82, 2.24) is 9.88 Å². The van der Waals surface area contributed by atoms with Crippen LogP contribution in [0.5, 0.6) is 0 Å². The van der Waals surface area contributed by atoms with Crippen molar-refractivity contribution < 1.29 is 14.7 Å². The first-order chi connectivity index (χ1) is 8.99. The highest BCUT2D eigenvalue weighted by Gasteiger charge is 2.46. The molecule has 2 rings (SSSR count). The van der Waals surface area contributed by atoms with Crippen LogP contribution in [0.1, 0.15) is 35.8 Å². The zero-order valence-corrected chi connectivity index (χ0v) is 10.5. The SMILES string of the molecule is CC1(C(=O)O)CCCN1C(=O)c1ccc(C#N)cn1. The molecule has 0 spiro atoms. The van der Waals surface area contributed by atoms with Crippen LogP contribution < -0.4 is 0 Å². The van der Waals surface area contributed by atoms with Crippen LogP contribution in [-0.4, -0.2) is 39.0 Å². The summed E-state index contributed by atoms with van der Waals surface area (Å²) >= 11 is 0. The summed E-state index contributed by atoms with van der Waals surface area (Å²) in [6.07, 6.45) is 2.40. The number of hydrogen-bond donors (Lipinski definition) is 1. The highest BCUT2D eigenvalue weighted by atomic mass is 16.4. The molecule has 2 heterocycles. The highest BCUT2D eigenvalue weighted by Crippen LogP contribution is 2.30. The zero-order chi connectivity index (χ0) is 14.0. The molecule has 1 atom stereocenters. The molecule has 19 heavy (non-hydrogen) atoms. The predicted octanol–water partition coefficient (Wildman–Crippen LogP) is 1.03. The second-order valence-electron chi connectivity index (χ2n) is 4.68. The minimum atomic E-state index is -1.17. The molecule has 1 N–H and O–H groups in total. The van der Waals surface area contributed by atoms with Crippen molar-refractivity contribution >= 4 is 11.9 Å². The summed E-state index contributed by atoms with van der Waals surface area (Å²) < 4.78 is 0. The summed E-state index contributed by atoms with van der Waals surface area (Å²) in [5.74, 6) is -1.42. The van der Waals surface area contributed by atoms with Gasteiger partial charge in [-0.25, -0.2) is 9.78 Å². The number of aliphatic carboxylic acids is 1. The van der Waals surface area contributed by atoms with Gasteiger partial charge in [0.2, 0.25) is 0 Å². The molecule has 6 nitrogen and oxygen atoms in total. The van der Waals surface area contributed by atoms with Crippen molar-refractivity contribution in [3.63, 3.8) is 0 Å². The molecule has 0 aliphatic carbocycles. The maximum Gasteiger partial charge on any atom is 0.329 e. The number of aromatic nitrogens is 1. The smallest absolute Gasteiger partial charge is 0.329 e. The van der Waals surface area contributed by atoms with E-state index in [0.29, 0.717) is 24.9 Å². The summed E-state index contributed by atoms with van der Waals surface area (Å²) in [4.78, 5) is 28.8. The van der Waals surface area contributed by atoms with Crippen LogP contribution >= 0.6 is 0 Å². The van der Waals surface area contributed by atoms with Crippen molar-refractivity contribution in [2.45, 2.75) is 25.3 Å². The normalized spacial score (nSPS) is 22.0. The fraction of sp³-hybridized carbons (Fsp3) is 0.385. The number of carboxylic acids is 1. The lowest BCUT2D eigenvalue weighted by Gasteiger charge is -2.30. The Labute approximate surface area is 110 Å². The van der Waals surface area contributed by atoms with Gasteiger partial charge in [-0.05, 0) is 31.9 Å². The van der Waals surface area contributed by atoms with E-state index in [1.807, 2.05) is 6.07 Å². The Balaban J connectivity index is 2.28. The maximum absolute atomic E-state index is 12.3. The molecule has 98 valence electrons. The fourth-order valence-corrected chi connectivity index (χ4v) is 2.24. The lowest BCUT2D eigenvalue weighted by atomic mass is 9.99. The largest absolute Gasteiger partial charge is 0.480 e. The van der Waals surface area contributed by atoms with Gasteiger partial charge in [0.25, 0.3) is 5.91 Å². The topological polar surface area (TPSA) is 94.3 Å². The molecule has 0 bridgehead atoms. The van der Waals surface area contributed by atoms with Gasteiger partial charge in [-0.3, -0.25) is 4.79 Å². The van der Waals surface area contributed by atoms with Crippen LogP contribution in [0, 0.1) is 11.3 Å². The van der Waals surface area contributed by atoms with E-state index >= 15 is 0 Å². The Kier molecular flexibility index (Phi) is 3.21. The van der Waals surface area contributed by atoms with Crippen molar-refractivity contribution in [3.8, 4) is 6.07 Å². The van der Waals surface area contributed by atoms with Gasteiger partial charge in [-0.2, -0.15) is 5.26 Å². The van der Waals surface area contributed by atoms with E-state index in [9.17, 15) is 14.7 Å². The van der Waals surface area contributed by atoms with Crippen LogP contribution in [0.4, 0.5) is 0 Å². The lowest BCUT2D eigenvalue weighted by molar-refractivity contribution is -0.147. The van der Waals surface area contributed by atoms with Gasteiger partial charge < -0.3 is 10.0 Å². The average molecular weight is 259 g/mol. The first kappa shape index (κ1) is 13.0. The molecule has 0 radical (unpaired) electrons. The van der Waals surface area contributed by atoms with E-state index in [0.717, 1.165) is 0 Å². The molecule has 0 aromatic carbocycles. The quantitative estimate of drug-likeness (QED) is 0.856. The number of nitrogens with zero attached hydrogens (tertiary/aromatic N) is 3. The first-order valence-electron chi connectivity index (χ1n) is 5.90. The number of pyridine rings is 1. The maximum atomic E-state index is 12.3. The van der Waals surface area contributed by atoms with Crippen molar-refractivity contribution in [2.75, 3.05) is 6.54 Å². The minimum Gasteiger partial charge on any atom is -0.480 e. The van der Waals surface area contributed by atoms with Gasteiger partial charge in [0.1, 0.15) is 17.3 Å². The van der Waals surface area contributed by atoms with Crippen molar-refractivity contribution in [3.05, 3.63) is 29.6 Å². The lowest BCUT2D eigenvalue weighted by Crippen LogP contribution is -2.50. The molecule has 1 aliphatic heterocycles. The minimum absolute atomic E-state index is 0.161. The molecule has 1 aromatic rings. The molecule has 1 fully saturated rings. The summed E-state index contributed by atoms with van der Waals surface area (Å²) in [6, 6.07) is 4.86. The Morgan fingerprint density at radius 3 is 2.79 bits per heavy atom. The van der Waals surface area contributed by atoms with Crippen molar-refractivity contribution in [1.29, 1.82) is 5.26 Å². The Morgan fingerprint density at radius 2 is 2.26 bits per heavy atom. The van der Waals surface area contributed by atoms with Crippen LogP contribution in [0.25, 0.3) is 0 Å². The first-order valence-corrected chi connectivity index (χ1v) is 5.90. The fourth-order valence-electron chi connectivity index (χ4n) is 2.24. The second-order valence-corrected chi connectivity index (χ2v) is 4.68. The number of nitriles is 1. The number of amides is 1.